The number of aromatic hydroxyl groups is 1. The number of hydrogen-bond acceptors (Lipinski definition) is 6. The number of ketones is 1. The Morgan fingerprint density at radius 1 is 0.893 bits per heavy atom. The molecular formula is C21H17NO5S. The number of phenolic OH excluding ortho intramolecular Hbond substituents is 1. The number of phenols is 1. The number of nitrogen functional groups attached to an aromatic ring is 1. The molecule has 0 radical (unpaired) electrons. The molecule has 0 spiro atoms. The van der Waals surface area contributed by atoms with Crippen molar-refractivity contribution >= 4 is 27.7 Å². The van der Waals surface area contributed by atoms with Crippen molar-refractivity contribution < 1.29 is 22.5 Å². The van der Waals surface area contributed by atoms with Crippen molar-refractivity contribution in [3.05, 3.63) is 90.0 Å². The van der Waals surface area contributed by atoms with E-state index in [1.165, 1.54) is 66.7 Å². The minimum absolute atomic E-state index is 0.0151. The highest BCUT2D eigenvalue weighted by Gasteiger charge is 2.16. The fourth-order valence-electron chi connectivity index (χ4n) is 2.34. The predicted octanol–water partition coefficient (Wildman–Crippen LogP) is 3.64. The number of allylic oxidation sites excluding steroid dienone is 1. The van der Waals surface area contributed by atoms with Gasteiger partial charge >= 0.3 is 10.1 Å². The van der Waals surface area contributed by atoms with Gasteiger partial charge in [-0.25, -0.2) is 0 Å². The van der Waals surface area contributed by atoms with Crippen LogP contribution in [0, 0.1) is 0 Å². The van der Waals surface area contributed by atoms with Gasteiger partial charge in [0.15, 0.2) is 5.78 Å². The Morgan fingerprint density at radius 3 is 2.11 bits per heavy atom. The van der Waals surface area contributed by atoms with Crippen LogP contribution in [0.15, 0.2) is 83.8 Å². The van der Waals surface area contributed by atoms with Crippen LogP contribution in [-0.2, 0) is 10.1 Å². The molecule has 6 nitrogen and oxygen atoms in total. The number of rotatable bonds is 6. The van der Waals surface area contributed by atoms with Crippen molar-refractivity contribution in [1.29, 1.82) is 0 Å². The second-order valence-electron chi connectivity index (χ2n) is 5.92. The SMILES string of the molecule is Nc1ccc(S(=O)(=O)Oc2ccc(C(=O)/C=C/c3ccc(O)cc3)cc2)cc1. The molecule has 0 aromatic heterocycles. The van der Waals surface area contributed by atoms with Crippen LogP contribution in [0.3, 0.4) is 0 Å². The highest BCUT2D eigenvalue weighted by Crippen LogP contribution is 2.20. The maximum atomic E-state index is 12.3. The zero-order valence-electron chi connectivity index (χ0n) is 14.6. The molecule has 3 rings (SSSR count). The molecule has 0 saturated heterocycles. The number of carbonyl (C=O) groups excluding carboxylic acids is 1. The first kappa shape index (κ1) is 19.2. The van der Waals surface area contributed by atoms with Crippen LogP contribution < -0.4 is 9.92 Å². The zero-order valence-corrected chi connectivity index (χ0v) is 15.5. The first-order valence-corrected chi connectivity index (χ1v) is 9.66. The topological polar surface area (TPSA) is 107 Å². The summed E-state index contributed by atoms with van der Waals surface area (Å²) in [6.07, 6.45) is 3.02. The Bertz CT molecular complexity index is 1100. The van der Waals surface area contributed by atoms with Gasteiger partial charge in [0.05, 0.1) is 0 Å². The van der Waals surface area contributed by atoms with Crippen LogP contribution in [0.1, 0.15) is 15.9 Å². The second kappa shape index (κ2) is 7.98. The van der Waals surface area contributed by atoms with E-state index in [-0.39, 0.29) is 22.2 Å². The standard InChI is InChI=1S/C21H17NO5S/c22-17-6-12-20(13-7-17)28(25,26)27-19-10-4-16(5-11-19)21(24)14-3-15-1-8-18(23)9-2-15/h1-14,23H,22H2/b14-3+. The van der Waals surface area contributed by atoms with Crippen molar-refractivity contribution in [2.45, 2.75) is 4.90 Å². The van der Waals surface area contributed by atoms with Crippen LogP contribution in [0.4, 0.5) is 5.69 Å². The molecule has 3 N–H and O–H groups in total. The molecule has 3 aromatic rings. The van der Waals surface area contributed by atoms with E-state index in [0.717, 1.165) is 5.56 Å². The van der Waals surface area contributed by atoms with E-state index in [1.54, 1.807) is 18.2 Å². The highest BCUT2D eigenvalue weighted by molar-refractivity contribution is 7.87. The van der Waals surface area contributed by atoms with Crippen LogP contribution >= 0.6 is 0 Å². The first-order chi connectivity index (χ1) is 13.3. The van der Waals surface area contributed by atoms with Crippen molar-refractivity contribution in [3.8, 4) is 11.5 Å². The smallest absolute Gasteiger partial charge is 0.339 e. The minimum Gasteiger partial charge on any atom is -0.508 e. The third-order valence-electron chi connectivity index (χ3n) is 3.83. The van der Waals surface area contributed by atoms with E-state index in [1.807, 2.05) is 0 Å². The van der Waals surface area contributed by atoms with E-state index in [2.05, 4.69) is 0 Å². The lowest BCUT2D eigenvalue weighted by Gasteiger charge is -2.07. The summed E-state index contributed by atoms with van der Waals surface area (Å²) in [5.74, 6) is -0.00936. The molecule has 0 atom stereocenters. The van der Waals surface area contributed by atoms with Gasteiger partial charge < -0.3 is 15.0 Å². The number of hydrogen-bond donors (Lipinski definition) is 2. The molecular weight excluding hydrogens is 378 g/mol. The molecule has 0 aliphatic carbocycles. The molecule has 3 aromatic carbocycles. The average Bonchev–Trinajstić information content (AvgIpc) is 2.68. The summed E-state index contributed by atoms with van der Waals surface area (Å²) in [6, 6.07) is 17.9. The summed E-state index contributed by atoms with van der Waals surface area (Å²) >= 11 is 0. The van der Waals surface area contributed by atoms with Crippen LogP contribution in [0.2, 0.25) is 0 Å². The molecule has 0 amide bonds. The Hall–Kier alpha value is -3.58. The van der Waals surface area contributed by atoms with Gasteiger partial charge in [-0.3, -0.25) is 4.79 Å². The van der Waals surface area contributed by atoms with Crippen molar-refractivity contribution in [2.75, 3.05) is 5.73 Å². The van der Waals surface area contributed by atoms with Gasteiger partial charge in [-0.2, -0.15) is 8.42 Å². The van der Waals surface area contributed by atoms with Crippen LogP contribution in [0.5, 0.6) is 11.5 Å². The highest BCUT2D eigenvalue weighted by atomic mass is 32.2. The summed E-state index contributed by atoms with van der Waals surface area (Å²) in [7, 11) is -3.99. The van der Waals surface area contributed by atoms with Crippen molar-refractivity contribution in [3.63, 3.8) is 0 Å². The Labute approximate surface area is 162 Å². The van der Waals surface area contributed by atoms with Gasteiger partial charge in [-0.05, 0) is 72.3 Å². The lowest BCUT2D eigenvalue weighted by atomic mass is 10.1. The second-order valence-corrected chi connectivity index (χ2v) is 7.47. The summed E-state index contributed by atoms with van der Waals surface area (Å²) in [5, 5.41) is 9.25. The molecule has 7 heteroatoms. The largest absolute Gasteiger partial charge is 0.508 e. The third kappa shape index (κ3) is 4.77. The average molecular weight is 395 g/mol. The third-order valence-corrected chi connectivity index (χ3v) is 5.10. The minimum atomic E-state index is -3.99. The van der Waals surface area contributed by atoms with Crippen molar-refractivity contribution in [1.82, 2.24) is 0 Å². The summed E-state index contributed by atoms with van der Waals surface area (Å²) in [4.78, 5) is 12.2. The Balaban J connectivity index is 1.69. The number of nitrogens with two attached hydrogens (primary N) is 1. The summed E-state index contributed by atoms with van der Waals surface area (Å²) in [5.41, 5.74) is 7.14. The lowest BCUT2D eigenvalue weighted by Crippen LogP contribution is -2.09. The molecule has 0 aliphatic rings. The van der Waals surface area contributed by atoms with E-state index in [0.29, 0.717) is 11.3 Å². The molecule has 28 heavy (non-hydrogen) atoms. The quantitative estimate of drug-likeness (QED) is 0.286. The fourth-order valence-corrected chi connectivity index (χ4v) is 3.27. The number of anilines is 1. The maximum Gasteiger partial charge on any atom is 0.339 e. The molecule has 0 fully saturated rings. The Morgan fingerprint density at radius 2 is 1.50 bits per heavy atom. The number of benzene rings is 3. The first-order valence-electron chi connectivity index (χ1n) is 8.25. The van der Waals surface area contributed by atoms with Crippen LogP contribution in [-0.4, -0.2) is 19.3 Å². The molecule has 0 unspecified atom stereocenters. The Kier molecular flexibility index (Phi) is 5.47. The lowest BCUT2D eigenvalue weighted by molar-refractivity contribution is 0.104. The monoisotopic (exact) mass is 395 g/mol. The zero-order chi connectivity index (χ0) is 20.1. The van der Waals surface area contributed by atoms with Gasteiger partial charge in [-0.15, -0.1) is 0 Å². The molecule has 0 saturated carbocycles. The summed E-state index contributed by atoms with van der Waals surface area (Å²) < 4.78 is 29.6. The molecule has 0 aliphatic heterocycles. The summed E-state index contributed by atoms with van der Waals surface area (Å²) in [6.45, 7) is 0. The fraction of sp³-hybridized carbons (Fsp3) is 0. The molecule has 0 bridgehead atoms. The van der Waals surface area contributed by atoms with Crippen molar-refractivity contribution in [2.24, 2.45) is 0 Å². The predicted molar refractivity (Wildman–Crippen MR) is 107 cm³/mol. The molecule has 142 valence electrons. The van der Waals surface area contributed by atoms with Gasteiger partial charge in [0.25, 0.3) is 0 Å². The molecule has 0 heterocycles. The van der Waals surface area contributed by atoms with Gasteiger partial charge in [0.2, 0.25) is 0 Å². The van der Waals surface area contributed by atoms with Crippen LogP contribution in [0.25, 0.3) is 6.08 Å². The van der Waals surface area contributed by atoms with Gasteiger partial charge in [-0.1, -0.05) is 18.2 Å². The van der Waals surface area contributed by atoms with E-state index in [9.17, 15) is 18.3 Å². The van der Waals surface area contributed by atoms with E-state index < -0.39 is 10.1 Å². The van der Waals surface area contributed by atoms with Gasteiger partial charge in [0.1, 0.15) is 16.4 Å². The normalized spacial score (nSPS) is 11.4. The maximum absolute atomic E-state index is 12.3. The van der Waals surface area contributed by atoms with Gasteiger partial charge in [0, 0.05) is 11.3 Å². The van der Waals surface area contributed by atoms with E-state index >= 15 is 0 Å². The number of carbonyl (C=O) groups is 1. The van der Waals surface area contributed by atoms with E-state index in [4.69, 9.17) is 9.92 Å².